The minimum atomic E-state index is -0.905. The van der Waals surface area contributed by atoms with Crippen molar-refractivity contribution in [3.8, 4) is 0 Å². The highest BCUT2D eigenvalue weighted by atomic mass is 16.6. The maximum atomic E-state index is 12.0. The Balaban J connectivity index is 1.96. The molecule has 0 aliphatic carbocycles. The lowest BCUT2D eigenvalue weighted by molar-refractivity contribution is -0.389. The molecule has 0 bridgehead atoms. The largest absolute Gasteiger partial charge is 0.481 e. The summed E-state index contributed by atoms with van der Waals surface area (Å²) in [7, 11) is 0. The fourth-order valence-corrected chi connectivity index (χ4v) is 2.18. The van der Waals surface area contributed by atoms with Crippen LogP contribution in [0.1, 0.15) is 12.8 Å². The fraction of sp³-hybridized carbons (Fsp3) is 0.545. The van der Waals surface area contributed by atoms with Gasteiger partial charge >= 0.3 is 11.8 Å². The number of rotatable bonds is 4. The van der Waals surface area contributed by atoms with Gasteiger partial charge in [0.25, 0.3) is 0 Å². The molecule has 1 amide bonds. The summed E-state index contributed by atoms with van der Waals surface area (Å²) in [4.78, 5) is 34.3. The Morgan fingerprint density at radius 3 is 2.90 bits per heavy atom. The highest BCUT2D eigenvalue weighted by Gasteiger charge is 2.28. The van der Waals surface area contributed by atoms with Crippen LogP contribution in [-0.2, 0) is 16.1 Å². The second-order valence-electron chi connectivity index (χ2n) is 4.65. The summed E-state index contributed by atoms with van der Waals surface area (Å²) in [6.07, 6.45) is 2.56. The molecule has 1 fully saturated rings. The number of piperidine rings is 1. The number of aliphatic carboxylic acids is 1. The normalized spacial score (nSPS) is 18.8. The molecule has 1 atom stereocenters. The molecule has 9 nitrogen and oxygen atoms in total. The van der Waals surface area contributed by atoms with E-state index in [0.29, 0.717) is 19.4 Å². The lowest BCUT2D eigenvalue weighted by Crippen LogP contribution is -2.43. The van der Waals surface area contributed by atoms with Crippen molar-refractivity contribution in [1.29, 1.82) is 0 Å². The quantitative estimate of drug-likeness (QED) is 0.618. The SMILES string of the molecule is O=C(O)[C@@H]1CCCN(C(=O)Cn2ccc([N+](=O)[O-])n2)C1. The Kier molecular flexibility index (Phi) is 3.97. The van der Waals surface area contributed by atoms with Crippen molar-refractivity contribution in [2.45, 2.75) is 19.4 Å². The van der Waals surface area contributed by atoms with E-state index >= 15 is 0 Å². The number of carbonyl (C=O) groups is 2. The van der Waals surface area contributed by atoms with Crippen LogP contribution in [0.5, 0.6) is 0 Å². The van der Waals surface area contributed by atoms with Crippen molar-refractivity contribution in [2.75, 3.05) is 13.1 Å². The third-order valence-electron chi connectivity index (χ3n) is 3.23. The Bertz CT molecular complexity index is 541. The van der Waals surface area contributed by atoms with Crippen LogP contribution in [0.15, 0.2) is 12.3 Å². The zero-order valence-corrected chi connectivity index (χ0v) is 10.6. The molecule has 1 N–H and O–H groups in total. The zero-order chi connectivity index (χ0) is 14.7. The van der Waals surface area contributed by atoms with E-state index in [4.69, 9.17) is 5.11 Å². The summed E-state index contributed by atoms with van der Waals surface area (Å²) in [6, 6.07) is 1.21. The van der Waals surface area contributed by atoms with Gasteiger partial charge in [0.15, 0.2) is 0 Å². The highest BCUT2D eigenvalue weighted by molar-refractivity contribution is 5.77. The number of hydrogen-bond acceptors (Lipinski definition) is 5. The van der Waals surface area contributed by atoms with Crippen LogP contribution in [0.2, 0.25) is 0 Å². The van der Waals surface area contributed by atoms with E-state index < -0.39 is 16.8 Å². The van der Waals surface area contributed by atoms with Crippen LogP contribution in [0.3, 0.4) is 0 Å². The van der Waals surface area contributed by atoms with Gasteiger partial charge in [0.2, 0.25) is 5.91 Å². The molecule has 0 radical (unpaired) electrons. The molecule has 1 aliphatic heterocycles. The standard InChI is InChI=1S/C11H14N4O5/c16-10(7-14-5-3-9(12-14)15(19)20)13-4-1-2-8(6-13)11(17)18/h3,5,8H,1-2,4,6-7H2,(H,17,18)/t8-/m1/s1. The van der Waals surface area contributed by atoms with Gasteiger partial charge in [-0.25, -0.2) is 0 Å². The number of carboxylic acid groups (broad SMARTS) is 1. The number of aromatic nitrogens is 2. The second-order valence-corrected chi connectivity index (χ2v) is 4.65. The van der Waals surface area contributed by atoms with Crippen molar-refractivity contribution in [1.82, 2.24) is 14.7 Å². The maximum Gasteiger partial charge on any atom is 0.389 e. The number of amides is 1. The van der Waals surface area contributed by atoms with Gasteiger partial charge in [-0.2, -0.15) is 4.68 Å². The first-order valence-corrected chi connectivity index (χ1v) is 6.16. The van der Waals surface area contributed by atoms with Gasteiger partial charge in [-0.15, -0.1) is 0 Å². The molecular formula is C11H14N4O5. The van der Waals surface area contributed by atoms with Crippen LogP contribution in [-0.4, -0.2) is 49.7 Å². The molecule has 1 saturated heterocycles. The summed E-state index contributed by atoms with van der Waals surface area (Å²) in [5.41, 5.74) is 0. The fourth-order valence-electron chi connectivity index (χ4n) is 2.18. The Labute approximate surface area is 113 Å². The topological polar surface area (TPSA) is 119 Å². The van der Waals surface area contributed by atoms with Crippen LogP contribution in [0.4, 0.5) is 5.82 Å². The van der Waals surface area contributed by atoms with Gasteiger partial charge in [0.1, 0.15) is 6.54 Å². The van der Waals surface area contributed by atoms with E-state index in [2.05, 4.69) is 5.10 Å². The Morgan fingerprint density at radius 2 is 2.30 bits per heavy atom. The van der Waals surface area contributed by atoms with Crippen molar-refractivity contribution in [3.05, 3.63) is 22.4 Å². The summed E-state index contributed by atoms with van der Waals surface area (Å²) in [5, 5.41) is 23.1. The molecule has 9 heteroatoms. The molecule has 1 aliphatic rings. The van der Waals surface area contributed by atoms with E-state index in [1.54, 1.807) is 0 Å². The zero-order valence-electron chi connectivity index (χ0n) is 10.6. The third kappa shape index (κ3) is 3.11. The number of carbonyl (C=O) groups excluding carboxylic acids is 1. The predicted molar refractivity (Wildman–Crippen MR) is 65.8 cm³/mol. The summed E-state index contributed by atoms with van der Waals surface area (Å²) in [5.74, 6) is -2.05. The smallest absolute Gasteiger partial charge is 0.389 e. The van der Waals surface area contributed by atoms with Gasteiger partial charge in [-0.3, -0.25) is 9.59 Å². The number of hydrogen-bond donors (Lipinski definition) is 1. The number of nitro groups is 1. The monoisotopic (exact) mass is 282 g/mol. The first-order chi connectivity index (χ1) is 9.47. The van der Waals surface area contributed by atoms with Crippen LogP contribution < -0.4 is 0 Å². The molecule has 0 unspecified atom stereocenters. The summed E-state index contributed by atoms with van der Waals surface area (Å²) >= 11 is 0. The molecule has 2 rings (SSSR count). The molecular weight excluding hydrogens is 268 g/mol. The van der Waals surface area contributed by atoms with E-state index in [1.165, 1.54) is 21.8 Å². The molecule has 0 saturated carbocycles. The van der Waals surface area contributed by atoms with Gasteiger partial charge in [-0.05, 0) is 17.8 Å². The molecule has 108 valence electrons. The van der Waals surface area contributed by atoms with E-state index in [1.807, 2.05) is 0 Å². The van der Waals surface area contributed by atoms with Crippen LogP contribution in [0, 0.1) is 16.0 Å². The molecule has 0 spiro atoms. The van der Waals surface area contributed by atoms with Gasteiger partial charge < -0.3 is 20.1 Å². The lowest BCUT2D eigenvalue weighted by atomic mass is 9.98. The van der Waals surface area contributed by atoms with Crippen molar-refractivity contribution < 1.29 is 19.6 Å². The first kappa shape index (κ1) is 14.0. The minimum absolute atomic E-state index is 0.125. The van der Waals surface area contributed by atoms with Gasteiger partial charge in [0, 0.05) is 13.1 Å². The lowest BCUT2D eigenvalue weighted by Gasteiger charge is -2.30. The summed E-state index contributed by atoms with van der Waals surface area (Å²) in [6.45, 7) is 0.559. The molecule has 2 heterocycles. The van der Waals surface area contributed by atoms with Crippen LogP contribution in [0.25, 0.3) is 0 Å². The highest BCUT2D eigenvalue weighted by Crippen LogP contribution is 2.17. The summed E-state index contributed by atoms with van der Waals surface area (Å²) < 4.78 is 1.19. The average molecular weight is 282 g/mol. The van der Waals surface area contributed by atoms with Gasteiger partial charge in [-0.1, -0.05) is 0 Å². The van der Waals surface area contributed by atoms with E-state index in [0.717, 1.165) is 0 Å². The molecule has 20 heavy (non-hydrogen) atoms. The maximum absolute atomic E-state index is 12.0. The van der Waals surface area contributed by atoms with Crippen molar-refractivity contribution in [2.24, 2.45) is 5.92 Å². The Morgan fingerprint density at radius 1 is 1.55 bits per heavy atom. The van der Waals surface area contributed by atoms with Crippen LogP contribution >= 0.6 is 0 Å². The Hall–Kier alpha value is -2.45. The predicted octanol–water partition coefficient (Wildman–Crippen LogP) is 0.114. The van der Waals surface area contributed by atoms with E-state index in [9.17, 15) is 19.7 Å². The second kappa shape index (κ2) is 5.68. The molecule has 0 aromatic carbocycles. The van der Waals surface area contributed by atoms with Gasteiger partial charge in [0.05, 0.1) is 23.3 Å². The van der Waals surface area contributed by atoms with Crippen molar-refractivity contribution in [3.63, 3.8) is 0 Å². The van der Waals surface area contributed by atoms with E-state index in [-0.39, 0.29) is 24.8 Å². The third-order valence-corrected chi connectivity index (χ3v) is 3.23. The molecule has 1 aromatic heterocycles. The number of nitrogens with zero attached hydrogens (tertiary/aromatic N) is 4. The number of carboxylic acids is 1. The minimum Gasteiger partial charge on any atom is -0.481 e. The average Bonchev–Trinajstić information content (AvgIpc) is 2.87. The number of likely N-dealkylation sites (tertiary alicyclic amines) is 1. The molecule has 1 aromatic rings. The van der Waals surface area contributed by atoms with Crippen molar-refractivity contribution >= 4 is 17.7 Å². The first-order valence-electron chi connectivity index (χ1n) is 6.16.